The van der Waals surface area contributed by atoms with Crippen molar-refractivity contribution in [2.75, 3.05) is 6.67 Å². The van der Waals surface area contributed by atoms with Gasteiger partial charge in [-0.15, -0.1) is 6.58 Å². The second-order valence-electron chi connectivity index (χ2n) is 9.57. The molecule has 0 aliphatic heterocycles. The molecule has 0 N–H and O–H groups in total. The average Bonchev–Trinajstić information content (AvgIpc) is 2.73. The van der Waals surface area contributed by atoms with Crippen LogP contribution in [-0.2, 0) is 0 Å². The molecule has 1 atom stereocenters. The minimum absolute atomic E-state index is 0.282. The SMILES string of the molecule is C=CC(C/C=C(\CF)C1CCC(C)CC1)c1ccc(C2CCC(C)CC2)cc1. The Morgan fingerprint density at radius 2 is 1.54 bits per heavy atom. The second kappa shape index (κ2) is 10.4. The van der Waals surface area contributed by atoms with Crippen LogP contribution < -0.4 is 0 Å². The zero-order valence-corrected chi connectivity index (χ0v) is 18.0. The summed E-state index contributed by atoms with van der Waals surface area (Å²) in [6, 6.07) is 9.22. The molecule has 1 heteroatoms. The highest BCUT2D eigenvalue weighted by Crippen LogP contribution is 2.37. The van der Waals surface area contributed by atoms with E-state index in [-0.39, 0.29) is 12.6 Å². The Balaban J connectivity index is 1.61. The summed E-state index contributed by atoms with van der Waals surface area (Å²) in [5, 5.41) is 0. The third-order valence-electron chi connectivity index (χ3n) is 7.46. The molecule has 28 heavy (non-hydrogen) atoms. The smallest absolute Gasteiger partial charge is 0.111 e. The topological polar surface area (TPSA) is 0 Å². The highest BCUT2D eigenvalue weighted by molar-refractivity contribution is 5.31. The lowest BCUT2D eigenvalue weighted by Crippen LogP contribution is -2.15. The molecule has 0 amide bonds. The Bertz CT molecular complexity index is 625. The molecule has 0 bridgehead atoms. The Morgan fingerprint density at radius 3 is 2.07 bits per heavy atom. The first kappa shape index (κ1) is 21.3. The maximum atomic E-state index is 13.7. The maximum Gasteiger partial charge on any atom is 0.111 e. The lowest BCUT2D eigenvalue weighted by Gasteiger charge is -2.27. The summed E-state index contributed by atoms with van der Waals surface area (Å²) in [6.45, 7) is 8.47. The number of benzene rings is 1. The third-order valence-corrected chi connectivity index (χ3v) is 7.46. The van der Waals surface area contributed by atoms with Gasteiger partial charge < -0.3 is 0 Å². The summed E-state index contributed by atoms with van der Waals surface area (Å²) in [4.78, 5) is 0. The van der Waals surface area contributed by atoms with Gasteiger partial charge in [-0.25, -0.2) is 4.39 Å². The summed E-state index contributed by atoms with van der Waals surface area (Å²) in [7, 11) is 0. The summed E-state index contributed by atoms with van der Waals surface area (Å²) in [5.41, 5.74) is 3.84. The Labute approximate surface area is 172 Å². The van der Waals surface area contributed by atoms with Crippen LogP contribution in [0.15, 0.2) is 48.6 Å². The minimum atomic E-state index is -0.290. The number of halogens is 1. The van der Waals surface area contributed by atoms with Crippen molar-refractivity contribution in [3.05, 3.63) is 59.7 Å². The fraction of sp³-hybridized carbons (Fsp3) is 0.630. The molecule has 1 unspecified atom stereocenters. The van der Waals surface area contributed by atoms with Crippen LogP contribution in [0, 0.1) is 17.8 Å². The molecule has 0 heterocycles. The highest BCUT2D eigenvalue weighted by atomic mass is 19.1. The van der Waals surface area contributed by atoms with Crippen molar-refractivity contribution in [3.8, 4) is 0 Å². The molecule has 2 saturated carbocycles. The molecule has 2 aliphatic carbocycles. The number of hydrogen-bond acceptors (Lipinski definition) is 0. The van der Waals surface area contributed by atoms with Gasteiger partial charge in [0.15, 0.2) is 0 Å². The molecule has 0 aromatic heterocycles. The van der Waals surface area contributed by atoms with Crippen molar-refractivity contribution in [1.82, 2.24) is 0 Å². The lowest BCUT2D eigenvalue weighted by molar-refractivity contribution is 0.307. The predicted molar refractivity (Wildman–Crippen MR) is 120 cm³/mol. The van der Waals surface area contributed by atoms with Crippen LogP contribution in [0.3, 0.4) is 0 Å². The van der Waals surface area contributed by atoms with E-state index in [2.05, 4.69) is 50.8 Å². The Morgan fingerprint density at radius 1 is 0.964 bits per heavy atom. The molecule has 1 aromatic carbocycles. The Hall–Kier alpha value is -1.37. The minimum Gasteiger partial charge on any atom is -0.246 e. The van der Waals surface area contributed by atoms with Gasteiger partial charge in [-0.05, 0) is 72.5 Å². The van der Waals surface area contributed by atoms with Gasteiger partial charge in [-0.2, -0.15) is 0 Å². The van der Waals surface area contributed by atoms with Gasteiger partial charge >= 0.3 is 0 Å². The van der Waals surface area contributed by atoms with Gasteiger partial charge in [0, 0.05) is 5.92 Å². The van der Waals surface area contributed by atoms with Gasteiger partial charge in [-0.3, -0.25) is 0 Å². The van der Waals surface area contributed by atoms with E-state index in [0.29, 0.717) is 5.92 Å². The van der Waals surface area contributed by atoms with Crippen LogP contribution in [0.4, 0.5) is 4.39 Å². The largest absolute Gasteiger partial charge is 0.246 e. The van der Waals surface area contributed by atoms with Crippen molar-refractivity contribution in [3.63, 3.8) is 0 Å². The van der Waals surface area contributed by atoms with Crippen LogP contribution >= 0.6 is 0 Å². The fourth-order valence-corrected chi connectivity index (χ4v) is 5.22. The quantitative estimate of drug-likeness (QED) is 0.415. The zero-order chi connectivity index (χ0) is 19.9. The van der Waals surface area contributed by atoms with E-state index in [4.69, 9.17) is 0 Å². The first-order valence-electron chi connectivity index (χ1n) is 11.6. The zero-order valence-electron chi connectivity index (χ0n) is 18.0. The van der Waals surface area contributed by atoms with E-state index >= 15 is 0 Å². The molecular weight excluding hydrogens is 343 g/mol. The normalized spacial score (nSPS) is 30.0. The molecule has 3 rings (SSSR count). The van der Waals surface area contributed by atoms with Crippen LogP contribution in [0.5, 0.6) is 0 Å². The number of allylic oxidation sites excluding steroid dienone is 3. The first-order valence-corrected chi connectivity index (χ1v) is 11.6. The third kappa shape index (κ3) is 5.58. The van der Waals surface area contributed by atoms with E-state index in [9.17, 15) is 4.39 Å². The molecule has 2 aliphatic rings. The molecule has 0 radical (unpaired) electrons. The number of hydrogen-bond donors (Lipinski definition) is 0. The van der Waals surface area contributed by atoms with E-state index in [0.717, 1.165) is 42.6 Å². The van der Waals surface area contributed by atoms with E-state index < -0.39 is 0 Å². The number of rotatable bonds is 7. The van der Waals surface area contributed by atoms with Crippen molar-refractivity contribution in [2.24, 2.45) is 17.8 Å². The molecule has 0 saturated heterocycles. The fourth-order valence-electron chi connectivity index (χ4n) is 5.22. The molecule has 1 aromatic rings. The van der Waals surface area contributed by atoms with Crippen LogP contribution in [0.2, 0.25) is 0 Å². The van der Waals surface area contributed by atoms with E-state index in [1.807, 2.05) is 6.08 Å². The maximum absolute atomic E-state index is 13.7. The van der Waals surface area contributed by atoms with Gasteiger partial charge in [0.05, 0.1) is 0 Å². The average molecular weight is 383 g/mol. The Kier molecular flexibility index (Phi) is 7.94. The molecule has 2 fully saturated rings. The molecule has 0 spiro atoms. The summed E-state index contributed by atoms with van der Waals surface area (Å²) < 4.78 is 13.7. The molecular formula is C27H39F. The highest BCUT2D eigenvalue weighted by Gasteiger charge is 2.22. The molecule has 154 valence electrons. The van der Waals surface area contributed by atoms with Gasteiger partial charge in [0.2, 0.25) is 0 Å². The van der Waals surface area contributed by atoms with Gasteiger partial charge in [0.25, 0.3) is 0 Å². The summed E-state index contributed by atoms with van der Waals surface area (Å²) in [6.07, 6.45) is 15.3. The number of alkyl halides is 1. The first-order chi connectivity index (χ1) is 13.6. The second-order valence-corrected chi connectivity index (χ2v) is 9.57. The van der Waals surface area contributed by atoms with Crippen LogP contribution in [0.25, 0.3) is 0 Å². The van der Waals surface area contributed by atoms with Crippen molar-refractivity contribution >= 4 is 0 Å². The summed E-state index contributed by atoms with van der Waals surface area (Å²) >= 11 is 0. The van der Waals surface area contributed by atoms with Crippen molar-refractivity contribution < 1.29 is 4.39 Å². The lowest BCUT2D eigenvalue weighted by atomic mass is 9.78. The van der Waals surface area contributed by atoms with Crippen molar-refractivity contribution in [2.45, 2.75) is 83.5 Å². The van der Waals surface area contributed by atoms with Crippen LogP contribution in [-0.4, -0.2) is 6.67 Å². The monoisotopic (exact) mass is 382 g/mol. The van der Waals surface area contributed by atoms with Gasteiger partial charge in [0.1, 0.15) is 6.67 Å². The predicted octanol–water partition coefficient (Wildman–Crippen LogP) is 8.36. The van der Waals surface area contributed by atoms with Crippen molar-refractivity contribution in [1.29, 1.82) is 0 Å². The van der Waals surface area contributed by atoms with Gasteiger partial charge in [-0.1, -0.05) is 75.9 Å². The van der Waals surface area contributed by atoms with E-state index in [1.165, 1.54) is 49.7 Å². The van der Waals surface area contributed by atoms with E-state index in [1.54, 1.807) is 0 Å². The summed E-state index contributed by atoms with van der Waals surface area (Å²) in [5.74, 6) is 3.18. The molecule has 0 nitrogen and oxygen atoms in total. The standard InChI is InChI=1S/C27H39F/c1-4-22(13-18-27(19-28)26-11-7-21(3)8-12-26)23-14-16-25(17-15-23)24-9-5-20(2)6-10-24/h4,14-18,20-22,24,26H,1,5-13,19H2,2-3H3/b27-18+. The van der Waals surface area contributed by atoms with Crippen LogP contribution in [0.1, 0.15) is 94.6 Å².